The Bertz CT molecular complexity index is 488. The van der Waals surface area contributed by atoms with Crippen molar-refractivity contribution in [3.63, 3.8) is 0 Å². The van der Waals surface area contributed by atoms with Gasteiger partial charge in [-0.3, -0.25) is 11.3 Å². The Balaban J connectivity index is 1.55. The zero-order valence-electron chi connectivity index (χ0n) is 12.5. The van der Waals surface area contributed by atoms with Crippen LogP contribution in [0, 0.1) is 29.6 Å². The van der Waals surface area contributed by atoms with Crippen LogP contribution in [-0.4, -0.2) is 6.04 Å². The quantitative estimate of drug-likeness (QED) is 0.639. The van der Waals surface area contributed by atoms with Crippen molar-refractivity contribution in [2.45, 2.75) is 44.6 Å². The largest absolute Gasteiger partial charge is 0.271 e. The zero-order chi connectivity index (χ0) is 14.4. The molecular formula is C18H25BrN2. The van der Waals surface area contributed by atoms with Gasteiger partial charge in [0.15, 0.2) is 0 Å². The van der Waals surface area contributed by atoms with Crippen molar-refractivity contribution in [3.05, 3.63) is 34.3 Å². The Labute approximate surface area is 136 Å². The van der Waals surface area contributed by atoms with Gasteiger partial charge in [0.2, 0.25) is 0 Å². The molecule has 3 heteroatoms. The van der Waals surface area contributed by atoms with E-state index in [1.165, 1.54) is 42.1 Å². The number of nitrogens with one attached hydrogen (secondary N) is 1. The van der Waals surface area contributed by atoms with Gasteiger partial charge in [0, 0.05) is 10.5 Å². The lowest BCUT2D eigenvalue weighted by atomic mass is 9.50. The molecule has 4 aliphatic carbocycles. The van der Waals surface area contributed by atoms with E-state index in [1.807, 2.05) is 0 Å². The summed E-state index contributed by atoms with van der Waals surface area (Å²) in [6.45, 7) is 0. The number of hydrogen-bond acceptors (Lipinski definition) is 2. The van der Waals surface area contributed by atoms with Gasteiger partial charge in [-0.1, -0.05) is 34.1 Å². The van der Waals surface area contributed by atoms with Gasteiger partial charge in [-0.2, -0.15) is 0 Å². The summed E-state index contributed by atoms with van der Waals surface area (Å²) in [5.41, 5.74) is 4.57. The molecule has 1 atom stereocenters. The maximum atomic E-state index is 5.99. The monoisotopic (exact) mass is 348 g/mol. The first-order valence-corrected chi connectivity index (χ1v) is 9.23. The van der Waals surface area contributed by atoms with Gasteiger partial charge in [0.1, 0.15) is 0 Å². The van der Waals surface area contributed by atoms with Crippen LogP contribution in [0.4, 0.5) is 0 Å². The van der Waals surface area contributed by atoms with E-state index < -0.39 is 0 Å². The molecule has 1 aromatic carbocycles. The number of hydrogen-bond donors (Lipinski definition) is 2. The van der Waals surface area contributed by atoms with Crippen LogP contribution in [0.15, 0.2) is 28.7 Å². The van der Waals surface area contributed by atoms with Crippen LogP contribution in [0.3, 0.4) is 0 Å². The van der Waals surface area contributed by atoms with Crippen molar-refractivity contribution < 1.29 is 0 Å². The normalized spacial score (nSPS) is 38.7. The van der Waals surface area contributed by atoms with Crippen LogP contribution in [0.2, 0.25) is 0 Å². The fraction of sp³-hybridized carbons (Fsp3) is 0.667. The number of halogens is 1. The summed E-state index contributed by atoms with van der Waals surface area (Å²) in [7, 11) is 0. The standard InChI is InChI=1S/C18H25BrN2/c19-16-4-2-1-3-13(16)10-17(21-20)18-14-6-11-5-12(8-14)9-15(18)7-11/h1-4,11-12,14-15,17-18,21H,5-10,20H2. The molecule has 4 aliphatic rings. The Morgan fingerprint density at radius 2 is 1.67 bits per heavy atom. The highest BCUT2D eigenvalue weighted by atomic mass is 79.9. The molecule has 0 saturated heterocycles. The second-order valence-corrected chi connectivity index (χ2v) is 8.43. The van der Waals surface area contributed by atoms with Gasteiger partial charge < -0.3 is 0 Å². The van der Waals surface area contributed by atoms with Crippen molar-refractivity contribution in [2.24, 2.45) is 35.4 Å². The maximum absolute atomic E-state index is 5.99. The molecule has 0 heterocycles. The van der Waals surface area contributed by atoms with Crippen LogP contribution in [0.5, 0.6) is 0 Å². The molecule has 1 aromatic rings. The molecule has 0 radical (unpaired) electrons. The summed E-state index contributed by atoms with van der Waals surface area (Å²) in [6, 6.07) is 9.01. The van der Waals surface area contributed by atoms with Gasteiger partial charge in [-0.05, 0) is 79.7 Å². The van der Waals surface area contributed by atoms with Crippen molar-refractivity contribution in [1.29, 1.82) is 0 Å². The molecule has 21 heavy (non-hydrogen) atoms. The van der Waals surface area contributed by atoms with E-state index in [0.29, 0.717) is 6.04 Å². The minimum absolute atomic E-state index is 0.429. The lowest BCUT2D eigenvalue weighted by Gasteiger charge is -2.56. The highest BCUT2D eigenvalue weighted by Gasteiger charge is 2.50. The van der Waals surface area contributed by atoms with Gasteiger partial charge >= 0.3 is 0 Å². The molecular weight excluding hydrogens is 324 g/mol. The van der Waals surface area contributed by atoms with Gasteiger partial charge in [0.05, 0.1) is 0 Å². The van der Waals surface area contributed by atoms with E-state index in [1.54, 1.807) is 0 Å². The summed E-state index contributed by atoms with van der Waals surface area (Å²) in [6.07, 6.45) is 8.42. The number of nitrogens with two attached hydrogens (primary N) is 1. The summed E-state index contributed by atoms with van der Waals surface area (Å²) in [5, 5.41) is 0. The lowest BCUT2D eigenvalue weighted by Crippen LogP contribution is -2.55. The highest BCUT2D eigenvalue weighted by molar-refractivity contribution is 9.10. The number of benzene rings is 1. The van der Waals surface area contributed by atoms with Gasteiger partial charge in [-0.15, -0.1) is 0 Å². The Morgan fingerprint density at radius 1 is 1.05 bits per heavy atom. The molecule has 0 aliphatic heterocycles. The first kappa shape index (κ1) is 14.2. The van der Waals surface area contributed by atoms with E-state index in [4.69, 9.17) is 5.84 Å². The van der Waals surface area contributed by atoms with Gasteiger partial charge in [0.25, 0.3) is 0 Å². The van der Waals surface area contributed by atoms with Crippen LogP contribution in [0.1, 0.15) is 37.7 Å². The van der Waals surface area contributed by atoms with Crippen LogP contribution in [-0.2, 0) is 6.42 Å². The smallest absolute Gasteiger partial charge is 0.0284 e. The summed E-state index contributed by atoms with van der Waals surface area (Å²) < 4.78 is 1.22. The minimum Gasteiger partial charge on any atom is -0.271 e. The molecule has 4 saturated carbocycles. The molecule has 5 rings (SSSR count). The number of rotatable bonds is 4. The number of hydrazine groups is 1. The van der Waals surface area contributed by atoms with E-state index >= 15 is 0 Å². The van der Waals surface area contributed by atoms with Crippen molar-refractivity contribution in [1.82, 2.24) is 5.43 Å². The van der Waals surface area contributed by atoms with E-state index in [-0.39, 0.29) is 0 Å². The van der Waals surface area contributed by atoms with Gasteiger partial charge in [-0.25, -0.2) is 0 Å². The molecule has 1 unspecified atom stereocenters. The zero-order valence-corrected chi connectivity index (χ0v) is 14.1. The average molecular weight is 349 g/mol. The molecule has 114 valence electrons. The molecule has 0 aromatic heterocycles. The van der Waals surface area contributed by atoms with Crippen molar-refractivity contribution in [2.75, 3.05) is 0 Å². The molecule has 4 bridgehead atoms. The first-order valence-electron chi connectivity index (χ1n) is 8.44. The second-order valence-electron chi connectivity index (χ2n) is 7.58. The first-order chi connectivity index (χ1) is 10.2. The molecule has 4 fully saturated rings. The maximum Gasteiger partial charge on any atom is 0.0284 e. The molecule has 0 spiro atoms. The fourth-order valence-electron chi connectivity index (χ4n) is 5.83. The third-order valence-electron chi connectivity index (χ3n) is 6.38. The van der Waals surface area contributed by atoms with Crippen molar-refractivity contribution >= 4 is 15.9 Å². The van der Waals surface area contributed by atoms with Crippen LogP contribution >= 0.6 is 15.9 Å². The Morgan fingerprint density at radius 3 is 2.24 bits per heavy atom. The predicted molar refractivity (Wildman–Crippen MR) is 89.5 cm³/mol. The fourth-order valence-corrected chi connectivity index (χ4v) is 6.28. The summed E-state index contributed by atoms with van der Waals surface area (Å²) >= 11 is 3.69. The molecule has 3 N–H and O–H groups in total. The Hall–Kier alpha value is -0.380. The van der Waals surface area contributed by atoms with E-state index in [2.05, 4.69) is 45.6 Å². The third-order valence-corrected chi connectivity index (χ3v) is 7.15. The average Bonchev–Trinajstić information content (AvgIpc) is 2.47. The third kappa shape index (κ3) is 2.58. The topological polar surface area (TPSA) is 38.0 Å². The van der Waals surface area contributed by atoms with E-state index in [9.17, 15) is 0 Å². The van der Waals surface area contributed by atoms with Crippen LogP contribution in [0.25, 0.3) is 0 Å². The SMILES string of the molecule is NNC(Cc1ccccc1Br)C1C2CC3CC(C2)CC1C3. The minimum atomic E-state index is 0.429. The predicted octanol–water partition coefficient (Wildman–Crippen LogP) is 3.90. The van der Waals surface area contributed by atoms with E-state index in [0.717, 1.165) is 36.0 Å². The van der Waals surface area contributed by atoms with Crippen LogP contribution < -0.4 is 11.3 Å². The second kappa shape index (κ2) is 5.68. The van der Waals surface area contributed by atoms with Crippen molar-refractivity contribution in [3.8, 4) is 0 Å². The highest BCUT2D eigenvalue weighted by Crippen LogP contribution is 2.57. The summed E-state index contributed by atoms with van der Waals surface area (Å²) in [4.78, 5) is 0. The Kier molecular flexibility index (Phi) is 3.85. The summed E-state index contributed by atoms with van der Waals surface area (Å²) in [5.74, 6) is 10.7. The molecule has 2 nitrogen and oxygen atoms in total. The molecule has 0 amide bonds. The lowest BCUT2D eigenvalue weighted by molar-refractivity contribution is -0.0517.